The second kappa shape index (κ2) is 4.91. The number of rotatable bonds is 4. The molecule has 0 bridgehead atoms. The molecule has 0 aliphatic carbocycles. The first kappa shape index (κ1) is 10.9. The molecule has 0 aromatic carbocycles. The lowest BCUT2D eigenvalue weighted by Gasteiger charge is -2.19. The van der Waals surface area contributed by atoms with Crippen LogP contribution < -0.4 is 5.32 Å². The summed E-state index contributed by atoms with van der Waals surface area (Å²) in [5.41, 5.74) is 0. The largest absolute Gasteiger partial charge is 0.357 e. The highest BCUT2D eigenvalue weighted by Gasteiger charge is 2.12. The Hall–Kier alpha value is -0.160. The predicted octanol–water partition coefficient (Wildman–Crippen LogP) is 3.15. The summed E-state index contributed by atoms with van der Waals surface area (Å²) >= 11 is 4.82. The van der Waals surface area contributed by atoms with E-state index in [0.29, 0.717) is 12.0 Å². The number of anilines is 1. The van der Waals surface area contributed by atoms with Crippen molar-refractivity contribution in [2.24, 2.45) is 5.92 Å². The van der Waals surface area contributed by atoms with Crippen LogP contribution in [0.2, 0.25) is 0 Å². The topological polar surface area (TPSA) is 37.8 Å². The van der Waals surface area contributed by atoms with Crippen LogP contribution in [0.25, 0.3) is 0 Å². The van der Waals surface area contributed by atoms with E-state index in [4.69, 9.17) is 0 Å². The molecule has 0 spiro atoms. The fourth-order valence-electron chi connectivity index (χ4n) is 1.16. The average Bonchev–Trinajstić information content (AvgIpc) is 2.46. The van der Waals surface area contributed by atoms with Gasteiger partial charge in [0, 0.05) is 6.04 Å². The molecule has 1 aromatic rings. The van der Waals surface area contributed by atoms with Gasteiger partial charge in [0.05, 0.1) is 0 Å². The van der Waals surface area contributed by atoms with Crippen molar-refractivity contribution in [2.45, 2.75) is 33.2 Å². The first-order valence-corrected chi connectivity index (χ1v) is 6.00. The quantitative estimate of drug-likeness (QED) is 0.907. The first-order chi connectivity index (χ1) is 6.13. The predicted molar refractivity (Wildman–Crippen MR) is 60.1 cm³/mol. The van der Waals surface area contributed by atoms with Crippen LogP contribution >= 0.6 is 27.3 Å². The van der Waals surface area contributed by atoms with Crippen LogP contribution in [0.15, 0.2) is 3.92 Å². The second-order valence-corrected chi connectivity index (χ2v) is 5.52. The molecule has 1 heterocycles. The number of nitrogens with zero attached hydrogens (tertiary/aromatic N) is 2. The van der Waals surface area contributed by atoms with Crippen LogP contribution in [0.3, 0.4) is 0 Å². The van der Waals surface area contributed by atoms with Gasteiger partial charge in [-0.15, -0.1) is 10.2 Å². The van der Waals surface area contributed by atoms with Gasteiger partial charge in [0.1, 0.15) is 0 Å². The van der Waals surface area contributed by atoms with Crippen LogP contribution in [-0.4, -0.2) is 16.2 Å². The molecule has 0 saturated carbocycles. The maximum Gasteiger partial charge on any atom is 0.206 e. The van der Waals surface area contributed by atoms with Gasteiger partial charge in [-0.3, -0.25) is 0 Å². The van der Waals surface area contributed by atoms with E-state index < -0.39 is 0 Å². The number of aromatic nitrogens is 2. The molecule has 1 unspecified atom stereocenters. The van der Waals surface area contributed by atoms with Crippen molar-refractivity contribution in [1.82, 2.24) is 10.2 Å². The lowest BCUT2D eigenvalue weighted by Crippen LogP contribution is -2.24. The van der Waals surface area contributed by atoms with Crippen molar-refractivity contribution in [3.63, 3.8) is 0 Å². The third-order valence-corrected chi connectivity index (χ3v) is 3.24. The summed E-state index contributed by atoms with van der Waals surface area (Å²) in [6.07, 6.45) is 1.11. The fourth-order valence-corrected chi connectivity index (χ4v) is 2.23. The second-order valence-electron chi connectivity index (χ2n) is 3.26. The van der Waals surface area contributed by atoms with Gasteiger partial charge in [-0.1, -0.05) is 32.1 Å². The molecule has 0 fully saturated rings. The van der Waals surface area contributed by atoms with E-state index in [0.717, 1.165) is 15.5 Å². The van der Waals surface area contributed by atoms with Crippen LogP contribution in [-0.2, 0) is 0 Å². The normalized spacial score (nSPS) is 13.3. The van der Waals surface area contributed by atoms with Crippen molar-refractivity contribution >= 4 is 32.4 Å². The van der Waals surface area contributed by atoms with Gasteiger partial charge in [-0.2, -0.15) is 0 Å². The van der Waals surface area contributed by atoms with Gasteiger partial charge in [-0.05, 0) is 28.3 Å². The Morgan fingerprint density at radius 1 is 1.46 bits per heavy atom. The standard InChI is InChI=1S/C8H14BrN3S/c1-4-6(5(2)3)10-8-12-11-7(9)13-8/h5-6H,4H2,1-3H3,(H,10,12). The highest BCUT2D eigenvalue weighted by Crippen LogP contribution is 2.22. The molecule has 1 N–H and O–H groups in total. The molecule has 1 aromatic heterocycles. The molecule has 13 heavy (non-hydrogen) atoms. The number of hydrogen-bond acceptors (Lipinski definition) is 4. The Labute approximate surface area is 91.1 Å². The molecule has 1 atom stereocenters. The van der Waals surface area contributed by atoms with Gasteiger partial charge in [0.2, 0.25) is 5.13 Å². The minimum absolute atomic E-state index is 0.486. The number of hydrogen-bond donors (Lipinski definition) is 1. The zero-order valence-corrected chi connectivity index (χ0v) is 10.4. The molecular weight excluding hydrogens is 250 g/mol. The minimum atomic E-state index is 0.486. The van der Waals surface area contributed by atoms with Gasteiger partial charge >= 0.3 is 0 Å². The van der Waals surface area contributed by atoms with Gasteiger partial charge in [0.25, 0.3) is 0 Å². The summed E-state index contributed by atoms with van der Waals surface area (Å²) in [6, 6.07) is 0.486. The van der Waals surface area contributed by atoms with Crippen molar-refractivity contribution in [1.29, 1.82) is 0 Å². The summed E-state index contributed by atoms with van der Waals surface area (Å²) in [6.45, 7) is 6.59. The zero-order chi connectivity index (χ0) is 9.84. The van der Waals surface area contributed by atoms with Crippen molar-refractivity contribution in [2.75, 3.05) is 5.32 Å². The average molecular weight is 264 g/mol. The Kier molecular flexibility index (Phi) is 4.12. The van der Waals surface area contributed by atoms with Crippen LogP contribution in [0.1, 0.15) is 27.2 Å². The molecule has 5 heteroatoms. The van der Waals surface area contributed by atoms with E-state index >= 15 is 0 Å². The third kappa shape index (κ3) is 3.23. The van der Waals surface area contributed by atoms with E-state index in [1.807, 2.05) is 0 Å². The SMILES string of the molecule is CCC(Nc1nnc(Br)s1)C(C)C. The summed E-state index contributed by atoms with van der Waals surface area (Å²) in [7, 11) is 0. The van der Waals surface area contributed by atoms with E-state index in [9.17, 15) is 0 Å². The summed E-state index contributed by atoms with van der Waals surface area (Å²) in [5.74, 6) is 0.618. The summed E-state index contributed by atoms with van der Waals surface area (Å²) in [5, 5.41) is 12.1. The van der Waals surface area contributed by atoms with Crippen LogP contribution in [0.5, 0.6) is 0 Å². The molecule has 0 saturated heterocycles. The van der Waals surface area contributed by atoms with Gasteiger partial charge < -0.3 is 5.32 Å². The minimum Gasteiger partial charge on any atom is -0.357 e. The van der Waals surface area contributed by atoms with Crippen molar-refractivity contribution in [3.8, 4) is 0 Å². The lowest BCUT2D eigenvalue weighted by atomic mass is 10.0. The first-order valence-electron chi connectivity index (χ1n) is 4.39. The Bertz CT molecular complexity index is 262. The molecule has 0 radical (unpaired) electrons. The summed E-state index contributed by atoms with van der Waals surface area (Å²) in [4.78, 5) is 0. The molecule has 74 valence electrons. The van der Waals surface area contributed by atoms with Crippen LogP contribution in [0, 0.1) is 5.92 Å². The summed E-state index contributed by atoms with van der Waals surface area (Å²) < 4.78 is 0.827. The van der Waals surface area contributed by atoms with E-state index in [-0.39, 0.29) is 0 Å². The Morgan fingerprint density at radius 2 is 2.15 bits per heavy atom. The smallest absolute Gasteiger partial charge is 0.206 e. The highest BCUT2D eigenvalue weighted by atomic mass is 79.9. The Balaban J connectivity index is 2.56. The van der Waals surface area contributed by atoms with E-state index in [1.165, 1.54) is 11.3 Å². The van der Waals surface area contributed by atoms with Crippen molar-refractivity contribution < 1.29 is 0 Å². The third-order valence-electron chi connectivity index (χ3n) is 1.95. The van der Waals surface area contributed by atoms with Gasteiger partial charge in [0.15, 0.2) is 3.92 Å². The van der Waals surface area contributed by atoms with Crippen molar-refractivity contribution in [3.05, 3.63) is 3.92 Å². The number of halogens is 1. The molecule has 1 rings (SSSR count). The molecule has 0 aliphatic heterocycles. The number of nitrogens with one attached hydrogen (secondary N) is 1. The maximum atomic E-state index is 4.00. The Morgan fingerprint density at radius 3 is 2.54 bits per heavy atom. The lowest BCUT2D eigenvalue weighted by molar-refractivity contribution is 0.510. The molecule has 0 aliphatic rings. The van der Waals surface area contributed by atoms with E-state index in [2.05, 4.69) is 52.2 Å². The highest BCUT2D eigenvalue weighted by molar-refractivity contribution is 9.11. The maximum absolute atomic E-state index is 4.00. The van der Waals surface area contributed by atoms with Crippen LogP contribution in [0.4, 0.5) is 5.13 Å². The van der Waals surface area contributed by atoms with E-state index in [1.54, 1.807) is 0 Å². The molecule has 0 amide bonds. The fraction of sp³-hybridized carbons (Fsp3) is 0.750. The zero-order valence-electron chi connectivity index (χ0n) is 8.04. The molecule has 3 nitrogen and oxygen atoms in total. The molecular formula is C8H14BrN3S. The van der Waals surface area contributed by atoms with Gasteiger partial charge in [-0.25, -0.2) is 0 Å². The monoisotopic (exact) mass is 263 g/mol.